The molecule has 0 spiro atoms. The van der Waals surface area contributed by atoms with E-state index in [-0.39, 0.29) is 36.7 Å². The number of fused-ring (bicyclic) bond motifs is 2. The average Bonchev–Trinajstić information content (AvgIpc) is 3.13. The van der Waals surface area contributed by atoms with E-state index in [0.29, 0.717) is 22.4 Å². The van der Waals surface area contributed by atoms with Gasteiger partial charge in [-0.2, -0.15) is 18.2 Å². The molecule has 0 bridgehead atoms. The molecule has 4 heterocycles. The zero-order valence-electron chi connectivity index (χ0n) is 17.7. The molecule has 7 nitrogen and oxygen atoms in total. The lowest BCUT2D eigenvalue weighted by Gasteiger charge is -2.20. The number of nitrogens with one attached hydrogen (secondary N) is 2. The van der Waals surface area contributed by atoms with Gasteiger partial charge in [0.2, 0.25) is 11.8 Å². The Morgan fingerprint density at radius 2 is 2.12 bits per heavy atom. The SMILES string of the molecule is CCOc1nc(N[C@H](C)C(F)(F)F)nc2c1C(c1cc(F)c3nccn3c1)=C[C@@H](C)NC2. The van der Waals surface area contributed by atoms with Gasteiger partial charge in [0.1, 0.15) is 6.04 Å². The van der Waals surface area contributed by atoms with Crippen LogP contribution in [-0.2, 0) is 6.54 Å². The largest absolute Gasteiger partial charge is 0.477 e. The molecule has 3 aromatic heterocycles. The van der Waals surface area contributed by atoms with E-state index < -0.39 is 18.0 Å². The summed E-state index contributed by atoms with van der Waals surface area (Å²) in [6.45, 7) is 5.16. The van der Waals surface area contributed by atoms with Crippen molar-refractivity contribution in [3.8, 4) is 5.88 Å². The molecule has 0 unspecified atom stereocenters. The molecule has 0 aliphatic carbocycles. The van der Waals surface area contributed by atoms with Crippen molar-refractivity contribution in [3.63, 3.8) is 0 Å². The van der Waals surface area contributed by atoms with Crippen molar-refractivity contribution in [3.05, 3.63) is 53.4 Å². The number of halogens is 4. The van der Waals surface area contributed by atoms with Gasteiger partial charge in [-0.3, -0.25) is 0 Å². The number of pyridine rings is 1. The summed E-state index contributed by atoms with van der Waals surface area (Å²) in [5, 5.41) is 5.54. The number of imidazole rings is 1. The highest BCUT2D eigenvalue weighted by molar-refractivity contribution is 5.84. The monoisotopic (exact) mass is 450 g/mol. The van der Waals surface area contributed by atoms with Crippen molar-refractivity contribution in [1.82, 2.24) is 24.7 Å². The second-order valence-corrected chi connectivity index (χ2v) is 7.50. The molecule has 0 aromatic carbocycles. The van der Waals surface area contributed by atoms with Gasteiger partial charge in [-0.1, -0.05) is 6.08 Å². The van der Waals surface area contributed by atoms with Gasteiger partial charge in [-0.05, 0) is 32.4 Å². The third-order valence-corrected chi connectivity index (χ3v) is 5.10. The van der Waals surface area contributed by atoms with Crippen molar-refractivity contribution in [2.75, 3.05) is 11.9 Å². The summed E-state index contributed by atoms with van der Waals surface area (Å²) in [6.07, 6.45) is 2.29. The lowest BCUT2D eigenvalue weighted by Crippen LogP contribution is -2.34. The van der Waals surface area contributed by atoms with Gasteiger partial charge >= 0.3 is 6.18 Å². The molecule has 4 rings (SSSR count). The number of nitrogens with zero attached hydrogens (tertiary/aromatic N) is 4. The van der Waals surface area contributed by atoms with E-state index in [1.54, 1.807) is 23.7 Å². The molecule has 1 aliphatic heterocycles. The molecule has 11 heteroatoms. The van der Waals surface area contributed by atoms with E-state index in [4.69, 9.17) is 4.74 Å². The molecular formula is C21H22F4N6O. The van der Waals surface area contributed by atoms with E-state index in [1.165, 1.54) is 12.3 Å². The Morgan fingerprint density at radius 1 is 1.34 bits per heavy atom. The maximum Gasteiger partial charge on any atom is 0.408 e. The number of rotatable bonds is 5. The quantitative estimate of drug-likeness (QED) is 0.574. The van der Waals surface area contributed by atoms with Gasteiger partial charge in [-0.15, -0.1) is 0 Å². The first-order chi connectivity index (χ1) is 15.2. The number of alkyl halides is 3. The number of ether oxygens (including phenoxy) is 1. The van der Waals surface area contributed by atoms with Crippen LogP contribution in [0.15, 0.2) is 30.7 Å². The summed E-state index contributed by atoms with van der Waals surface area (Å²) >= 11 is 0. The van der Waals surface area contributed by atoms with Crippen LogP contribution in [0, 0.1) is 5.82 Å². The van der Waals surface area contributed by atoms with Crippen LogP contribution in [0.2, 0.25) is 0 Å². The molecule has 0 radical (unpaired) electrons. The van der Waals surface area contributed by atoms with Gasteiger partial charge in [-0.25, -0.2) is 14.4 Å². The smallest absolute Gasteiger partial charge is 0.408 e. The van der Waals surface area contributed by atoms with E-state index in [9.17, 15) is 17.6 Å². The summed E-state index contributed by atoms with van der Waals surface area (Å²) in [5.74, 6) is -0.567. The van der Waals surface area contributed by atoms with Crippen molar-refractivity contribution < 1.29 is 22.3 Å². The molecule has 0 amide bonds. The summed E-state index contributed by atoms with van der Waals surface area (Å²) in [5.41, 5.74) is 2.30. The molecule has 170 valence electrons. The highest BCUT2D eigenvalue weighted by Crippen LogP contribution is 2.36. The summed E-state index contributed by atoms with van der Waals surface area (Å²) in [6, 6.07) is -0.606. The van der Waals surface area contributed by atoms with Crippen LogP contribution in [0.5, 0.6) is 5.88 Å². The highest BCUT2D eigenvalue weighted by Gasteiger charge is 2.37. The lowest BCUT2D eigenvalue weighted by molar-refractivity contribution is -0.138. The van der Waals surface area contributed by atoms with Crippen molar-refractivity contribution in [2.24, 2.45) is 0 Å². The van der Waals surface area contributed by atoms with Gasteiger partial charge in [0.15, 0.2) is 11.5 Å². The normalized spacial score (nSPS) is 17.5. The zero-order chi connectivity index (χ0) is 23.0. The fourth-order valence-corrected chi connectivity index (χ4v) is 3.49. The summed E-state index contributed by atoms with van der Waals surface area (Å²) < 4.78 is 61.1. The summed E-state index contributed by atoms with van der Waals surface area (Å²) in [7, 11) is 0. The molecule has 3 aromatic rings. The number of anilines is 1. The molecule has 2 N–H and O–H groups in total. The minimum absolute atomic E-state index is 0.124. The second kappa shape index (κ2) is 8.38. The Labute approximate surface area is 181 Å². The fraction of sp³-hybridized carbons (Fsp3) is 0.381. The minimum Gasteiger partial charge on any atom is -0.477 e. The van der Waals surface area contributed by atoms with Gasteiger partial charge < -0.3 is 19.8 Å². The predicted molar refractivity (Wildman–Crippen MR) is 111 cm³/mol. The maximum absolute atomic E-state index is 14.7. The van der Waals surface area contributed by atoms with Gasteiger partial charge in [0.25, 0.3) is 0 Å². The van der Waals surface area contributed by atoms with Gasteiger partial charge in [0.05, 0.1) is 17.9 Å². The molecule has 0 saturated carbocycles. The van der Waals surface area contributed by atoms with Crippen LogP contribution >= 0.6 is 0 Å². The average molecular weight is 450 g/mol. The van der Waals surface area contributed by atoms with Crippen LogP contribution in [0.1, 0.15) is 37.6 Å². The minimum atomic E-state index is -4.46. The van der Waals surface area contributed by atoms with Crippen LogP contribution < -0.4 is 15.4 Å². The molecular weight excluding hydrogens is 428 g/mol. The molecule has 2 atom stereocenters. The van der Waals surface area contributed by atoms with E-state index in [0.717, 1.165) is 6.92 Å². The van der Waals surface area contributed by atoms with E-state index in [2.05, 4.69) is 25.6 Å². The first kappa shape index (κ1) is 22.0. The van der Waals surface area contributed by atoms with E-state index >= 15 is 0 Å². The number of aromatic nitrogens is 4. The lowest BCUT2D eigenvalue weighted by atomic mass is 9.97. The van der Waals surface area contributed by atoms with E-state index in [1.807, 2.05) is 13.0 Å². The Kier molecular flexibility index (Phi) is 5.76. The number of hydrogen-bond donors (Lipinski definition) is 2. The summed E-state index contributed by atoms with van der Waals surface area (Å²) in [4.78, 5) is 12.6. The number of hydrogen-bond acceptors (Lipinski definition) is 6. The van der Waals surface area contributed by atoms with Crippen LogP contribution in [0.25, 0.3) is 11.2 Å². The van der Waals surface area contributed by atoms with Crippen LogP contribution in [0.3, 0.4) is 0 Å². The third kappa shape index (κ3) is 4.24. The maximum atomic E-state index is 14.7. The fourth-order valence-electron chi connectivity index (χ4n) is 3.49. The van der Waals surface area contributed by atoms with Crippen molar-refractivity contribution in [2.45, 2.75) is 45.6 Å². The Hall–Kier alpha value is -3.21. The molecule has 0 fully saturated rings. The predicted octanol–water partition coefficient (Wildman–Crippen LogP) is 3.95. The zero-order valence-corrected chi connectivity index (χ0v) is 17.7. The Morgan fingerprint density at radius 3 is 2.84 bits per heavy atom. The van der Waals surface area contributed by atoms with Gasteiger partial charge in [0, 0.05) is 36.7 Å². The second-order valence-electron chi connectivity index (χ2n) is 7.50. The topological polar surface area (TPSA) is 76.4 Å². The molecule has 32 heavy (non-hydrogen) atoms. The Balaban J connectivity index is 1.87. The molecule has 0 saturated heterocycles. The standard InChI is InChI=1S/C21H22F4N6O/c1-4-32-19-17-14(13-8-15(22)18-26-5-6-31(18)10-13)7-11(2)27-9-16(17)29-20(30-19)28-12(3)21(23,24)25/h5-8,10-12,27H,4,9H2,1-3H3,(H,28,29,30)/t11-,12-/m1/s1. The first-order valence-electron chi connectivity index (χ1n) is 10.1. The highest BCUT2D eigenvalue weighted by atomic mass is 19.4. The third-order valence-electron chi connectivity index (χ3n) is 5.10. The van der Waals surface area contributed by atoms with Crippen LogP contribution in [-0.4, -0.2) is 44.2 Å². The van der Waals surface area contributed by atoms with Crippen molar-refractivity contribution >= 4 is 17.2 Å². The Bertz CT molecular complexity index is 1170. The van der Waals surface area contributed by atoms with Crippen LogP contribution in [0.4, 0.5) is 23.5 Å². The first-order valence-corrected chi connectivity index (χ1v) is 10.1. The molecule has 1 aliphatic rings. The van der Waals surface area contributed by atoms with Crippen molar-refractivity contribution in [1.29, 1.82) is 0 Å².